The Bertz CT molecular complexity index is 293. The number of hydrogen-bond acceptors (Lipinski definition) is 5. The minimum absolute atomic E-state index is 0.138. The third kappa shape index (κ3) is 7.09. The van der Waals surface area contributed by atoms with Crippen molar-refractivity contribution in [1.29, 1.82) is 0 Å². The maximum atomic E-state index is 11.4. The van der Waals surface area contributed by atoms with Crippen LogP contribution in [0.15, 0.2) is 0 Å². The number of amides is 2. The molecule has 1 aliphatic rings. The average molecular weight is 273 g/mol. The summed E-state index contributed by atoms with van der Waals surface area (Å²) in [4.78, 5) is 22.0. The molecule has 0 aromatic rings. The van der Waals surface area contributed by atoms with Gasteiger partial charge in [0, 0.05) is 19.8 Å². The van der Waals surface area contributed by atoms with E-state index >= 15 is 0 Å². The maximum absolute atomic E-state index is 11.4. The van der Waals surface area contributed by atoms with Gasteiger partial charge >= 0.3 is 0 Å². The fraction of sp³-hybridized carbons (Fsp3) is 0.833. The van der Waals surface area contributed by atoms with Gasteiger partial charge in [-0.1, -0.05) is 0 Å². The van der Waals surface area contributed by atoms with Crippen molar-refractivity contribution in [2.45, 2.75) is 37.8 Å². The smallest absolute Gasteiger partial charge is 0.237 e. The number of hydrogen-bond donors (Lipinski definition) is 3. The molecule has 19 heavy (non-hydrogen) atoms. The minimum atomic E-state index is -0.870. The van der Waals surface area contributed by atoms with E-state index < -0.39 is 11.9 Å². The number of rotatable bonds is 9. The summed E-state index contributed by atoms with van der Waals surface area (Å²) in [5, 5.41) is 2.63. The molecule has 1 rings (SSSR count). The highest BCUT2D eigenvalue weighted by atomic mass is 16.5. The zero-order chi connectivity index (χ0) is 14.1. The van der Waals surface area contributed by atoms with Gasteiger partial charge in [0.1, 0.15) is 0 Å². The second kappa shape index (κ2) is 8.84. The predicted octanol–water partition coefficient (Wildman–Crippen LogP) is -1.11. The van der Waals surface area contributed by atoms with Crippen molar-refractivity contribution < 1.29 is 19.1 Å². The molecule has 0 radical (unpaired) electrons. The molecule has 1 aliphatic heterocycles. The molecular formula is C12H23N3O4. The molecule has 7 nitrogen and oxygen atoms in total. The highest BCUT2D eigenvalue weighted by Gasteiger charge is 2.16. The van der Waals surface area contributed by atoms with Gasteiger partial charge in [-0.2, -0.15) is 0 Å². The van der Waals surface area contributed by atoms with E-state index in [2.05, 4.69) is 5.32 Å². The van der Waals surface area contributed by atoms with Crippen LogP contribution in [0.2, 0.25) is 0 Å². The van der Waals surface area contributed by atoms with Crippen LogP contribution < -0.4 is 16.8 Å². The molecule has 2 unspecified atom stereocenters. The van der Waals surface area contributed by atoms with Gasteiger partial charge in [0.15, 0.2) is 0 Å². The van der Waals surface area contributed by atoms with Gasteiger partial charge in [-0.3, -0.25) is 9.59 Å². The Balaban J connectivity index is 1.94. The van der Waals surface area contributed by atoms with E-state index in [9.17, 15) is 9.59 Å². The van der Waals surface area contributed by atoms with Crippen LogP contribution in [0.25, 0.3) is 0 Å². The zero-order valence-corrected chi connectivity index (χ0v) is 11.1. The topological polar surface area (TPSA) is 117 Å². The first kappa shape index (κ1) is 15.9. The lowest BCUT2D eigenvalue weighted by atomic mass is 10.2. The third-order valence-electron chi connectivity index (χ3n) is 2.85. The number of primary amides is 1. The second-order valence-corrected chi connectivity index (χ2v) is 4.63. The fourth-order valence-corrected chi connectivity index (χ4v) is 1.82. The zero-order valence-electron chi connectivity index (χ0n) is 11.1. The Morgan fingerprint density at radius 1 is 1.47 bits per heavy atom. The van der Waals surface area contributed by atoms with Gasteiger partial charge in [0.25, 0.3) is 0 Å². The summed E-state index contributed by atoms with van der Waals surface area (Å²) in [5.41, 5.74) is 10.4. The van der Waals surface area contributed by atoms with Crippen molar-refractivity contribution in [3.63, 3.8) is 0 Å². The Morgan fingerprint density at radius 3 is 2.89 bits per heavy atom. The van der Waals surface area contributed by atoms with E-state index in [1.54, 1.807) is 0 Å². The predicted molar refractivity (Wildman–Crippen MR) is 69.2 cm³/mol. The molecule has 5 N–H and O–H groups in total. The van der Waals surface area contributed by atoms with Gasteiger partial charge in [-0.15, -0.1) is 0 Å². The molecule has 110 valence electrons. The van der Waals surface area contributed by atoms with E-state index in [-0.39, 0.29) is 18.4 Å². The number of carbonyl (C=O) groups excluding carboxylic acids is 2. The first-order chi connectivity index (χ1) is 9.09. The maximum Gasteiger partial charge on any atom is 0.237 e. The molecule has 1 fully saturated rings. The average Bonchev–Trinajstić information content (AvgIpc) is 2.85. The third-order valence-corrected chi connectivity index (χ3v) is 2.85. The van der Waals surface area contributed by atoms with Crippen LogP contribution in [0, 0.1) is 0 Å². The van der Waals surface area contributed by atoms with Crippen LogP contribution in [0.4, 0.5) is 0 Å². The Morgan fingerprint density at radius 2 is 2.26 bits per heavy atom. The summed E-state index contributed by atoms with van der Waals surface area (Å²) in [6.07, 6.45) is 2.93. The SMILES string of the molecule is NC(=O)CC(N)C(=O)NCCCOCC1CCCO1. The van der Waals surface area contributed by atoms with Gasteiger partial charge in [-0.25, -0.2) is 0 Å². The van der Waals surface area contributed by atoms with Crippen molar-refractivity contribution in [3.8, 4) is 0 Å². The summed E-state index contributed by atoms with van der Waals surface area (Å²) >= 11 is 0. The highest BCUT2D eigenvalue weighted by Crippen LogP contribution is 2.11. The molecule has 0 saturated carbocycles. The molecule has 2 atom stereocenters. The van der Waals surface area contributed by atoms with Crippen LogP contribution in [0.5, 0.6) is 0 Å². The summed E-state index contributed by atoms with van der Waals surface area (Å²) in [5.74, 6) is -0.944. The molecule has 2 amide bonds. The van der Waals surface area contributed by atoms with E-state index in [1.165, 1.54) is 0 Å². The standard InChI is InChI=1S/C12H23N3O4/c13-10(7-11(14)16)12(17)15-4-2-5-18-8-9-3-1-6-19-9/h9-10H,1-8,13H2,(H2,14,16)(H,15,17). The monoisotopic (exact) mass is 273 g/mol. The van der Waals surface area contributed by atoms with Crippen molar-refractivity contribution in [2.75, 3.05) is 26.4 Å². The lowest BCUT2D eigenvalue weighted by Crippen LogP contribution is -2.43. The van der Waals surface area contributed by atoms with Crippen LogP contribution in [0.3, 0.4) is 0 Å². The van der Waals surface area contributed by atoms with Crippen LogP contribution >= 0.6 is 0 Å². The van der Waals surface area contributed by atoms with Gasteiger partial charge in [0.05, 0.1) is 25.2 Å². The normalized spacial score (nSPS) is 20.2. The Labute approximate surface area is 113 Å². The first-order valence-electron chi connectivity index (χ1n) is 6.60. The summed E-state index contributed by atoms with van der Waals surface area (Å²) < 4.78 is 10.9. The van der Waals surface area contributed by atoms with Crippen molar-refractivity contribution in [1.82, 2.24) is 5.32 Å². The number of carbonyl (C=O) groups is 2. The summed E-state index contributed by atoms with van der Waals surface area (Å²) in [6.45, 7) is 2.46. The van der Waals surface area contributed by atoms with E-state index in [0.717, 1.165) is 19.4 Å². The molecule has 1 heterocycles. The molecule has 7 heteroatoms. The molecular weight excluding hydrogens is 250 g/mol. The number of ether oxygens (including phenoxy) is 2. The number of nitrogens with one attached hydrogen (secondary N) is 1. The van der Waals surface area contributed by atoms with Crippen molar-refractivity contribution in [3.05, 3.63) is 0 Å². The largest absolute Gasteiger partial charge is 0.379 e. The van der Waals surface area contributed by atoms with Gasteiger partial charge in [0.2, 0.25) is 11.8 Å². The van der Waals surface area contributed by atoms with E-state index in [0.29, 0.717) is 26.2 Å². The molecule has 0 bridgehead atoms. The molecule has 0 spiro atoms. The first-order valence-corrected chi connectivity index (χ1v) is 6.60. The van der Waals surface area contributed by atoms with Crippen molar-refractivity contribution in [2.24, 2.45) is 11.5 Å². The van der Waals surface area contributed by atoms with Crippen LogP contribution in [-0.2, 0) is 19.1 Å². The van der Waals surface area contributed by atoms with Crippen LogP contribution in [0.1, 0.15) is 25.7 Å². The molecule has 0 aromatic carbocycles. The lowest BCUT2D eigenvalue weighted by molar-refractivity contribution is -0.126. The van der Waals surface area contributed by atoms with Crippen molar-refractivity contribution >= 4 is 11.8 Å². The van der Waals surface area contributed by atoms with E-state index in [4.69, 9.17) is 20.9 Å². The Hall–Kier alpha value is -1.18. The highest BCUT2D eigenvalue weighted by molar-refractivity contribution is 5.87. The number of nitrogens with two attached hydrogens (primary N) is 2. The minimum Gasteiger partial charge on any atom is -0.379 e. The Kier molecular flexibility index (Phi) is 7.39. The molecule has 0 aliphatic carbocycles. The fourth-order valence-electron chi connectivity index (χ4n) is 1.82. The van der Waals surface area contributed by atoms with E-state index in [1.807, 2.05) is 0 Å². The quantitative estimate of drug-likeness (QED) is 0.461. The lowest BCUT2D eigenvalue weighted by Gasteiger charge is -2.12. The van der Waals surface area contributed by atoms with Crippen LogP contribution in [-0.4, -0.2) is 50.3 Å². The summed E-state index contributed by atoms with van der Waals surface area (Å²) in [6, 6.07) is -0.870. The second-order valence-electron chi connectivity index (χ2n) is 4.63. The molecule has 1 saturated heterocycles. The molecule has 0 aromatic heterocycles. The van der Waals surface area contributed by atoms with Gasteiger partial charge in [-0.05, 0) is 19.3 Å². The summed E-state index contributed by atoms with van der Waals surface area (Å²) in [7, 11) is 0. The van der Waals surface area contributed by atoms with Gasteiger partial charge < -0.3 is 26.3 Å².